The van der Waals surface area contributed by atoms with Crippen LogP contribution in [-0.2, 0) is 0 Å². The molecule has 0 spiro atoms. The maximum Gasteiger partial charge on any atom is 0.573 e. The number of rotatable bonds is 6. The number of benzene rings is 2. The first-order valence-electron chi connectivity index (χ1n) is 8.21. The van der Waals surface area contributed by atoms with Gasteiger partial charge in [-0.3, -0.25) is 0 Å². The van der Waals surface area contributed by atoms with E-state index in [1.807, 2.05) is 0 Å². The second-order valence-corrected chi connectivity index (χ2v) is 5.99. The molecule has 0 aromatic heterocycles. The fraction of sp³-hybridized carbons (Fsp3) is 0.294. The first kappa shape index (κ1) is 27.0. The molecule has 5 nitrogen and oxygen atoms in total. The van der Waals surface area contributed by atoms with Crippen molar-refractivity contribution in [2.45, 2.75) is 31.6 Å². The topological polar surface area (TPSA) is 57.2 Å². The smallest absolute Gasteiger partial charge is 0.406 e. The van der Waals surface area contributed by atoms with E-state index in [9.17, 15) is 57.8 Å². The van der Waals surface area contributed by atoms with Crippen LogP contribution in [0.1, 0.15) is 17.2 Å². The highest BCUT2D eigenvalue weighted by Gasteiger charge is 2.38. The van der Waals surface area contributed by atoms with Gasteiger partial charge in [0.25, 0.3) is 0 Å². The zero-order valence-electron chi connectivity index (χ0n) is 15.7. The Balaban J connectivity index is 2.58. The van der Waals surface area contributed by atoms with Crippen LogP contribution in [0.2, 0.25) is 0 Å². The lowest BCUT2D eigenvalue weighted by Crippen LogP contribution is -2.21. The minimum absolute atomic E-state index is 0.0327. The zero-order valence-corrected chi connectivity index (χ0v) is 15.7. The molecule has 0 aliphatic heterocycles. The number of alkyl halides is 12. The van der Waals surface area contributed by atoms with Crippen LogP contribution in [0.15, 0.2) is 36.4 Å². The number of aliphatic hydroxyl groups excluding tert-OH is 1. The second-order valence-electron chi connectivity index (χ2n) is 5.99. The highest BCUT2D eigenvalue weighted by Crippen LogP contribution is 2.42. The van der Waals surface area contributed by atoms with E-state index in [1.165, 1.54) is 0 Å². The SMILES string of the molecule is OC(c1ccc(OC(F)(F)F)cc1OC(F)(F)F)c1ccc(OC(F)(F)F)cc1OC(F)(F)F. The zero-order chi connectivity index (χ0) is 26.1. The summed E-state index contributed by atoms with van der Waals surface area (Å²) in [6.45, 7) is 0. The molecule has 34 heavy (non-hydrogen) atoms. The van der Waals surface area contributed by atoms with Gasteiger partial charge in [0.1, 0.15) is 29.1 Å². The lowest BCUT2D eigenvalue weighted by Gasteiger charge is -2.22. The van der Waals surface area contributed by atoms with Crippen LogP contribution in [0.3, 0.4) is 0 Å². The van der Waals surface area contributed by atoms with E-state index in [0.717, 1.165) is 0 Å². The van der Waals surface area contributed by atoms with Crippen LogP contribution in [0.25, 0.3) is 0 Å². The maximum absolute atomic E-state index is 12.7. The van der Waals surface area contributed by atoms with Crippen molar-refractivity contribution in [1.82, 2.24) is 0 Å². The molecule has 0 radical (unpaired) electrons. The van der Waals surface area contributed by atoms with Crippen molar-refractivity contribution >= 4 is 0 Å². The van der Waals surface area contributed by atoms with Gasteiger partial charge in [-0.25, -0.2) is 0 Å². The van der Waals surface area contributed by atoms with Crippen molar-refractivity contribution in [1.29, 1.82) is 0 Å². The van der Waals surface area contributed by atoms with Gasteiger partial charge >= 0.3 is 25.4 Å². The molecule has 2 aromatic carbocycles. The monoisotopic (exact) mass is 520 g/mol. The van der Waals surface area contributed by atoms with Crippen molar-refractivity contribution < 1.29 is 76.7 Å². The Labute approximate surface area is 180 Å². The van der Waals surface area contributed by atoms with Gasteiger partial charge in [-0.15, -0.1) is 52.7 Å². The normalized spacial score (nSPS) is 13.1. The third-order valence-corrected chi connectivity index (χ3v) is 3.48. The first-order chi connectivity index (χ1) is 15.2. The lowest BCUT2D eigenvalue weighted by molar-refractivity contribution is -0.278. The fourth-order valence-corrected chi connectivity index (χ4v) is 2.47. The van der Waals surface area contributed by atoms with E-state index in [4.69, 9.17) is 0 Å². The van der Waals surface area contributed by atoms with Gasteiger partial charge < -0.3 is 24.1 Å². The first-order valence-corrected chi connectivity index (χ1v) is 8.21. The molecule has 2 aromatic rings. The number of hydrogen-bond acceptors (Lipinski definition) is 5. The molecule has 0 amide bonds. The largest absolute Gasteiger partial charge is 0.573 e. The third-order valence-electron chi connectivity index (χ3n) is 3.48. The predicted octanol–water partition coefficient (Wildman–Crippen LogP) is 6.36. The molecule has 0 bridgehead atoms. The minimum atomic E-state index is -5.54. The Morgan fingerprint density at radius 1 is 0.500 bits per heavy atom. The Morgan fingerprint density at radius 2 is 0.794 bits per heavy atom. The molecule has 17 heteroatoms. The number of aliphatic hydroxyl groups is 1. The van der Waals surface area contributed by atoms with Crippen LogP contribution in [-0.4, -0.2) is 30.6 Å². The Morgan fingerprint density at radius 3 is 1.06 bits per heavy atom. The fourth-order valence-electron chi connectivity index (χ4n) is 2.47. The third kappa shape index (κ3) is 8.60. The predicted molar refractivity (Wildman–Crippen MR) is 83.7 cm³/mol. The molecule has 0 aliphatic rings. The average Bonchev–Trinajstić information content (AvgIpc) is 2.56. The standard InChI is InChI=1S/C17H8F12O5/c18-14(19,20)31-7-1-3-9(11(5-7)33-16(24,25)26)13(30)10-4-2-8(32-15(21,22)23)6-12(10)34-17(27,28)29/h1-6,13,30H. The average molecular weight is 520 g/mol. The summed E-state index contributed by atoms with van der Waals surface area (Å²) < 4.78 is 164. The van der Waals surface area contributed by atoms with E-state index < -0.39 is 65.7 Å². The molecule has 0 fully saturated rings. The van der Waals surface area contributed by atoms with E-state index >= 15 is 0 Å². The van der Waals surface area contributed by atoms with Gasteiger partial charge in [-0.05, 0) is 24.3 Å². The van der Waals surface area contributed by atoms with Crippen LogP contribution >= 0.6 is 0 Å². The number of ether oxygens (including phenoxy) is 4. The molecule has 0 aliphatic carbocycles. The summed E-state index contributed by atoms with van der Waals surface area (Å²) in [5, 5.41) is 10.4. The van der Waals surface area contributed by atoms with Crippen molar-refractivity contribution in [3.05, 3.63) is 47.5 Å². The van der Waals surface area contributed by atoms with Gasteiger partial charge in [0, 0.05) is 23.3 Å². The van der Waals surface area contributed by atoms with E-state index in [-0.39, 0.29) is 12.1 Å². The molecule has 2 rings (SSSR count). The van der Waals surface area contributed by atoms with Crippen molar-refractivity contribution in [2.24, 2.45) is 0 Å². The summed E-state index contributed by atoms with van der Waals surface area (Å²) in [5.41, 5.74) is -2.08. The molecular weight excluding hydrogens is 512 g/mol. The molecule has 0 heterocycles. The summed E-state index contributed by atoms with van der Waals surface area (Å²) in [6, 6.07) is 1.66. The van der Waals surface area contributed by atoms with E-state index in [0.29, 0.717) is 24.3 Å². The van der Waals surface area contributed by atoms with Gasteiger partial charge in [0.05, 0.1) is 0 Å². The van der Waals surface area contributed by atoms with Gasteiger partial charge in [0.2, 0.25) is 0 Å². The summed E-state index contributed by atoms with van der Waals surface area (Å²) in [4.78, 5) is 0. The number of halogens is 12. The van der Waals surface area contributed by atoms with Crippen molar-refractivity contribution in [3.8, 4) is 23.0 Å². The molecule has 190 valence electrons. The molecule has 0 saturated carbocycles. The second kappa shape index (κ2) is 9.19. The highest BCUT2D eigenvalue weighted by molar-refractivity contribution is 5.50. The van der Waals surface area contributed by atoms with Gasteiger partial charge in [0.15, 0.2) is 0 Å². The lowest BCUT2D eigenvalue weighted by atomic mass is 9.99. The molecule has 0 saturated heterocycles. The quantitative estimate of drug-likeness (QED) is 0.450. The summed E-state index contributed by atoms with van der Waals surface area (Å²) >= 11 is 0. The molecular formula is C17H8F12O5. The molecule has 1 N–H and O–H groups in total. The van der Waals surface area contributed by atoms with Crippen LogP contribution in [0.4, 0.5) is 52.7 Å². The number of hydrogen-bond donors (Lipinski definition) is 1. The summed E-state index contributed by atoms with van der Waals surface area (Å²) in [5.74, 6) is -5.53. The van der Waals surface area contributed by atoms with Crippen LogP contribution in [0, 0.1) is 0 Å². The maximum atomic E-state index is 12.7. The molecule has 0 unspecified atom stereocenters. The summed E-state index contributed by atoms with van der Waals surface area (Å²) in [6.07, 6.45) is -24.3. The minimum Gasteiger partial charge on any atom is -0.406 e. The van der Waals surface area contributed by atoms with E-state index in [1.54, 1.807) is 0 Å². The molecule has 0 atom stereocenters. The van der Waals surface area contributed by atoms with Crippen LogP contribution < -0.4 is 18.9 Å². The Hall–Kier alpha value is -3.24. The van der Waals surface area contributed by atoms with Crippen LogP contribution in [0.5, 0.6) is 23.0 Å². The van der Waals surface area contributed by atoms with Crippen molar-refractivity contribution in [2.75, 3.05) is 0 Å². The van der Waals surface area contributed by atoms with Crippen molar-refractivity contribution in [3.63, 3.8) is 0 Å². The Bertz CT molecular complexity index is 915. The van der Waals surface area contributed by atoms with E-state index in [2.05, 4.69) is 18.9 Å². The summed E-state index contributed by atoms with van der Waals surface area (Å²) in [7, 11) is 0. The van der Waals surface area contributed by atoms with Gasteiger partial charge in [-0.2, -0.15) is 0 Å². The Kier molecular flexibility index (Phi) is 7.30. The van der Waals surface area contributed by atoms with Gasteiger partial charge in [-0.1, -0.05) is 0 Å². The highest BCUT2D eigenvalue weighted by atomic mass is 19.4.